The highest BCUT2D eigenvalue weighted by Crippen LogP contribution is 2.22. The second-order valence-electron chi connectivity index (χ2n) is 4.91. The molecule has 24 heavy (non-hydrogen) atoms. The Balaban J connectivity index is 2.14. The Hall–Kier alpha value is -2.98. The summed E-state index contributed by atoms with van der Waals surface area (Å²) in [5.41, 5.74) is 5.65. The fraction of sp³-hybridized carbons (Fsp3) is 0.0714. The van der Waals surface area contributed by atoms with Gasteiger partial charge < -0.3 is 11.1 Å². The predicted octanol–water partition coefficient (Wildman–Crippen LogP) is 0.754. The second kappa shape index (κ2) is 6.64. The van der Waals surface area contributed by atoms with Gasteiger partial charge >= 0.3 is 0 Å². The fourth-order valence-electron chi connectivity index (χ4n) is 1.96. The van der Waals surface area contributed by atoms with Crippen LogP contribution in [0.2, 0.25) is 0 Å². The Morgan fingerprint density at radius 1 is 1.21 bits per heavy atom. The number of hydrogen-bond donors (Lipinski definition) is 3. The van der Waals surface area contributed by atoms with Gasteiger partial charge in [0, 0.05) is 18.2 Å². The van der Waals surface area contributed by atoms with Crippen LogP contribution in [-0.2, 0) is 16.6 Å². The van der Waals surface area contributed by atoms with Crippen LogP contribution >= 0.6 is 0 Å². The molecular formula is C14H14N4O5S. The zero-order chi connectivity index (χ0) is 17.9. The molecule has 0 spiro atoms. The van der Waals surface area contributed by atoms with E-state index in [1.807, 2.05) is 0 Å². The Labute approximate surface area is 137 Å². The molecule has 0 bridgehead atoms. The first kappa shape index (κ1) is 17.4. The van der Waals surface area contributed by atoms with Crippen LogP contribution in [0.15, 0.2) is 47.4 Å². The van der Waals surface area contributed by atoms with Crippen molar-refractivity contribution >= 4 is 27.3 Å². The lowest BCUT2D eigenvalue weighted by molar-refractivity contribution is -0.383. The van der Waals surface area contributed by atoms with Gasteiger partial charge in [-0.2, -0.15) is 0 Å². The van der Waals surface area contributed by atoms with Gasteiger partial charge in [-0.15, -0.1) is 0 Å². The molecule has 10 heteroatoms. The SMILES string of the molecule is Nc1ccc(C(=O)NCc2cccc(S(N)(=O)=O)c2)cc1[N+](=O)[O-]. The lowest BCUT2D eigenvalue weighted by Gasteiger charge is -2.07. The molecule has 0 aliphatic heterocycles. The van der Waals surface area contributed by atoms with E-state index in [0.29, 0.717) is 5.56 Å². The number of sulfonamides is 1. The van der Waals surface area contributed by atoms with E-state index < -0.39 is 20.9 Å². The number of nitro groups is 1. The zero-order valence-corrected chi connectivity index (χ0v) is 13.1. The van der Waals surface area contributed by atoms with E-state index in [9.17, 15) is 23.3 Å². The Kier molecular flexibility index (Phi) is 4.81. The third-order valence-electron chi connectivity index (χ3n) is 3.17. The molecule has 126 valence electrons. The molecule has 0 atom stereocenters. The van der Waals surface area contributed by atoms with Gasteiger partial charge in [-0.3, -0.25) is 14.9 Å². The number of carbonyl (C=O) groups excluding carboxylic acids is 1. The van der Waals surface area contributed by atoms with Crippen LogP contribution in [-0.4, -0.2) is 19.2 Å². The Morgan fingerprint density at radius 2 is 1.92 bits per heavy atom. The van der Waals surface area contributed by atoms with Crippen LogP contribution < -0.4 is 16.2 Å². The topological polar surface area (TPSA) is 158 Å². The lowest BCUT2D eigenvalue weighted by Crippen LogP contribution is -2.23. The molecule has 0 aliphatic carbocycles. The van der Waals surface area contributed by atoms with Gasteiger partial charge in [-0.1, -0.05) is 12.1 Å². The summed E-state index contributed by atoms with van der Waals surface area (Å²) in [4.78, 5) is 22.2. The summed E-state index contributed by atoms with van der Waals surface area (Å²) in [6.07, 6.45) is 0. The number of nitrogens with one attached hydrogen (secondary N) is 1. The number of benzene rings is 2. The monoisotopic (exact) mass is 350 g/mol. The number of anilines is 1. The molecule has 2 aromatic carbocycles. The highest BCUT2D eigenvalue weighted by molar-refractivity contribution is 7.89. The number of hydrogen-bond acceptors (Lipinski definition) is 6. The van der Waals surface area contributed by atoms with Crippen LogP contribution in [0, 0.1) is 10.1 Å². The molecule has 0 aliphatic rings. The molecule has 9 nitrogen and oxygen atoms in total. The summed E-state index contributed by atoms with van der Waals surface area (Å²) in [6.45, 7) is 0.0281. The van der Waals surface area contributed by atoms with Crippen molar-refractivity contribution in [3.8, 4) is 0 Å². The fourth-order valence-corrected chi connectivity index (χ4v) is 2.54. The van der Waals surface area contributed by atoms with Crippen LogP contribution in [0.25, 0.3) is 0 Å². The van der Waals surface area contributed by atoms with Crippen LogP contribution in [0.5, 0.6) is 0 Å². The summed E-state index contributed by atoms with van der Waals surface area (Å²) in [6, 6.07) is 9.49. The minimum Gasteiger partial charge on any atom is -0.393 e. The summed E-state index contributed by atoms with van der Waals surface area (Å²) < 4.78 is 22.6. The number of nitro benzene ring substituents is 1. The van der Waals surface area contributed by atoms with Gasteiger partial charge in [0.25, 0.3) is 11.6 Å². The molecule has 5 N–H and O–H groups in total. The lowest BCUT2D eigenvalue weighted by atomic mass is 10.1. The van der Waals surface area contributed by atoms with Crippen molar-refractivity contribution in [3.63, 3.8) is 0 Å². The van der Waals surface area contributed by atoms with Crippen LogP contribution in [0.4, 0.5) is 11.4 Å². The number of amides is 1. The van der Waals surface area contributed by atoms with E-state index in [0.717, 1.165) is 6.07 Å². The minimum atomic E-state index is -3.84. The summed E-state index contributed by atoms with van der Waals surface area (Å²) in [7, 11) is -3.84. The van der Waals surface area contributed by atoms with Crippen molar-refractivity contribution in [2.24, 2.45) is 5.14 Å². The molecule has 0 fully saturated rings. The van der Waals surface area contributed by atoms with Crippen LogP contribution in [0.3, 0.4) is 0 Å². The van der Waals surface area contributed by atoms with E-state index in [1.54, 1.807) is 6.07 Å². The Morgan fingerprint density at radius 3 is 2.54 bits per heavy atom. The van der Waals surface area contributed by atoms with Crippen molar-refractivity contribution in [3.05, 3.63) is 63.7 Å². The number of nitrogens with two attached hydrogens (primary N) is 2. The standard InChI is InChI=1S/C14H14N4O5S/c15-12-5-4-10(7-13(12)18(20)21)14(19)17-8-9-2-1-3-11(6-9)24(16,22)23/h1-7H,8,15H2,(H,17,19)(H2,16,22,23). The molecule has 0 saturated carbocycles. The average molecular weight is 350 g/mol. The van der Waals surface area contributed by atoms with Gasteiger partial charge in [-0.25, -0.2) is 13.6 Å². The minimum absolute atomic E-state index is 0.0281. The molecule has 0 aromatic heterocycles. The van der Waals surface area contributed by atoms with Gasteiger partial charge in [0.05, 0.1) is 9.82 Å². The molecule has 0 heterocycles. The number of rotatable bonds is 5. The van der Waals surface area contributed by atoms with Gasteiger partial charge in [0.15, 0.2) is 0 Å². The molecule has 1 amide bonds. The van der Waals surface area contributed by atoms with Crippen molar-refractivity contribution < 1.29 is 18.1 Å². The molecule has 0 saturated heterocycles. The summed E-state index contributed by atoms with van der Waals surface area (Å²) in [5.74, 6) is -0.556. The summed E-state index contributed by atoms with van der Waals surface area (Å²) >= 11 is 0. The van der Waals surface area contributed by atoms with E-state index in [-0.39, 0.29) is 28.4 Å². The van der Waals surface area contributed by atoms with E-state index in [1.165, 1.54) is 30.3 Å². The van der Waals surface area contributed by atoms with E-state index in [2.05, 4.69) is 5.32 Å². The van der Waals surface area contributed by atoms with Crippen molar-refractivity contribution in [1.82, 2.24) is 5.32 Å². The van der Waals surface area contributed by atoms with Gasteiger partial charge in [0.2, 0.25) is 10.0 Å². The first-order valence-corrected chi connectivity index (χ1v) is 8.17. The first-order chi connectivity index (χ1) is 11.2. The maximum atomic E-state index is 12.1. The zero-order valence-electron chi connectivity index (χ0n) is 12.3. The quantitative estimate of drug-likeness (QED) is 0.410. The smallest absolute Gasteiger partial charge is 0.292 e. The second-order valence-corrected chi connectivity index (χ2v) is 6.47. The largest absolute Gasteiger partial charge is 0.393 e. The van der Waals surface area contributed by atoms with E-state index >= 15 is 0 Å². The molecule has 0 radical (unpaired) electrons. The first-order valence-electron chi connectivity index (χ1n) is 6.62. The van der Waals surface area contributed by atoms with E-state index in [4.69, 9.17) is 10.9 Å². The molecule has 2 rings (SSSR count). The highest BCUT2D eigenvalue weighted by atomic mass is 32.2. The average Bonchev–Trinajstić information content (AvgIpc) is 2.52. The maximum Gasteiger partial charge on any atom is 0.292 e. The normalized spacial score (nSPS) is 11.0. The predicted molar refractivity (Wildman–Crippen MR) is 86.5 cm³/mol. The van der Waals surface area contributed by atoms with Crippen molar-refractivity contribution in [1.29, 1.82) is 0 Å². The maximum absolute atomic E-state index is 12.1. The highest BCUT2D eigenvalue weighted by Gasteiger charge is 2.15. The summed E-state index contributed by atoms with van der Waals surface area (Å²) in [5, 5.41) is 18.4. The van der Waals surface area contributed by atoms with Gasteiger partial charge in [-0.05, 0) is 29.8 Å². The number of nitrogens with zero attached hydrogens (tertiary/aromatic N) is 1. The van der Waals surface area contributed by atoms with Gasteiger partial charge in [0.1, 0.15) is 5.69 Å². The number of nitrogen functional groups attached to an aromatic ring is 1. The van der Waals surface area contributed by atoms with Crippen molar-refractivity contribution in [2.45, 2.75) is 11.4 Å². The Bertz CT molecular complexity index is 911. The molecular weight excluding hydrogens is 336 g/mol. The third-order valence-corrected chi connectivity index (χ3v) is 4.08. The van der Waals surface area contributed by atoms with Crippen LogP contribution in [0.1, 0.15) is 15.9 Å². The number of primary sulfonamides is 1. The molecule has 2 aromatic rings. The third kappa shape index (κ3) is 4.06. The number of carbonyl (C=O) groups is 1. The molecule has 0 unspecified atom stereocenters. The van der Waals surface area contributed by atoms with Crippen molar-refractivity contribution in [2.75, 3.05) is 5.73 Å².